The number of nitrogens with two attached hydrogens (primary N) is 1. The third-order valence-electron chi connectivity index (χ3n) is 8.33. The number of hydrogen-bond donors (Lipinski definition) is 2. The molecular weight excluding hydrogens is 536 g/mol. The fourth-order valence-corrected chi connectivity index (χ4v) is 7.27. The summed E-state index contributed by atoms with van der Waals surface area (Å²) in [5.41, 5.74) is 7.08. The fourth-order valence-electron chi connectivity index (χ4n) is 6.04. The molecule has 0 bridgehead atoms. The van der Waals surface area contributed by atoms with Gasteiger partial charge in [-0.05, 0) is 56.0 Å². The standard InChI is InChI=1S/C28H31F2N7O2S/c1-18(16-31)28(27(32)38)15-20(29)6-9-23(28)25-22(17-37(35-25)26-24(30)3-2-10-34-26)19-4-7-21(8-5-19)36-11-13-40(33,39)14-12-36/h2-5,7-8,10,17-18,20,23,33H,6,9,11-15H2,1H3,(H2,32,38)/t18-,20?,23?,28?/m1/s1. The van der Waals surface area contributed by atoms with Crippen LogP contribution >= 0.6 is 0 Å². The zero-order chi connectivity index (χ0) is 28.7. The number of nitrogens with zero attached hydrogens (tertiary/aromatic N) is 5. The number of benzene rings is 1. The van der Waals surface area contributed by atoms with Crippen LogP contribution in [0.3, 0.4) is 0 Å². The van der Waals surface area contributed by atoms with Crippen molar-refractivity contribution in [2.75, 3.05) is 29.5 Å². The van der Waals surface area contributed by atoms with Gasteiger partial charge in [0.2, 0.25) is 5.91 Å². The normalized spacial score (nSPS) is 25.2. The molecule has 9 nitrogen and oxygen atoms in total. The number of carbonyl (C=O) groups is 1. The van der Waals surface area contributed by atoms with Crippen molar-refractivity contribution in [1.82, 2.24) is 14.8 Å². The average molecular weight is 568 g/mol. The van der Waals surface area contributed by atoms with Gasteiger partial charge in [0.25, 0.3) is 0 Å². The van der Waals surface area contributed by atoms with Gasteiger partial charge in [-0.25, -0.2) is 22.7 Å². The highest BCUT2D eigenvalue weighted by Gasteiger charge is 2.54. The molecule has 5 rings (SSSR count). The van der Waals surface area contributed by atoms with Crippen molar-refractivity contribution < 1.29 is 17.8 Å². The number of amides is 1. The maximum atomic E-state index is 14.8. The summed E-state index contributed by atoms with van der Waals surface area (Å²) in [7, 11) is -2.53. The molecule has 1 aliphatic heterocycles. The Bertz CT molecular complexity index is 1550. The minimum absolute atomic E-state index is 0.0314. The second kappa shape index (κ2) is 10.6. The lowest BCUT2D eigenvalue weighted by atomic mass is 9.58. The molecule has 3 aromatic rings. The molecule has 210 valence electrons. The fraction of sp³-hybridized carbons (Fsp3) is 0.429. The quantitative estimate of drug-likeness (QED) is 0.458. The number of nitriles is 1. The maximum absolute atomic E-state index is 14.8. The van der Waals surface area contributed by atoms with Crippen LogP contribution in [0.4, 0.5) is 14.5 Å². The van der Waals surface area contributed by atoms with Gasteiger partial charge in [0, 0.05) is 63.9 Å². The van der Waals surface area contributed by atoms with Crippen molar-refractivity contribution >= 4 is 21.3 Å². The van der Waals surface area contributed by atoms with Crippen molar-refractivity contribution in [2.45, 2.75) is 38.3 Å². The van der Waals surface area contributed by atoms with Crippen LogP contribution in [0, 0.1) is 33.3 Å². The molecule has 1 saturated carbocycles. The van der Waals surface area contributed by atoms with Gasteiger partial charge < -0.3 is 10.6 Å². The summed E-state index contributed by atoms with van der Waals surface area (Å²) in [6.45, 7) is 2.61. The molecule has 2 fully saturated rings. The number of anilines is 1. The van der Waals surface area contributed by atoms with E-state index in [9.17, 15) is 23.0 Å². The van der Waals surface area contributed by atoms with E-state index >= 15 is 0 Å². The topological polar surface area (TPSA) is 142 Å². The smallest absolute Gasteiger partial charge is 0.225 e. The summed E-state index contributed by atoms with van der Waals surface area (Å²) >= 11 is 0. The Balaban J connectivity index is 1.62. The van der Waals surface area contributed by atoms with Crippen LogP contribution in [-0.2, 0) is 14.5 Å². The molecule has 2 aliphatic rings. The number of hydrogen-bond acceptors (Lipinski definition) is 7. The third kappa shape index (κ3) is 4.94. The van der Waals surface area contributed by atoms with Gasteiger partial charge in [0.05, 0.1) is 23.1 Å². The predicted octanol–water partition coefficient (Wildman–Crippen LogP) is 4.18. The number of rotatable bonds is 6. The van der Waals surface area contributed by atoms with Crippen LogP contribution in [0.2, 0.25) is 0 Å². The van der Waals surface area contributed by atoms with E-state index in [0.717, 1.165) is 11.3 Å². The Morgan fingerprint density at radius 3 is 2.58 bits per heavy atom. The number of carbonyl (C=O) groups excluding carboxylic acids is 1. The SMILES string of the molecule is C[C@H](C#N)C1(C(N)=O)CC(F)CCC1c1nn(-c2ncccc2F)cc1-c1ccc(N2CCS(=N)(=O)CC2)cc1. The Morgan fingerprint density at radius 1 is 1.25 bits per heavy atom. The molecule has 2 aromatic heterocycles. The first kappa shape index (κ1) is 27.7. The number of halogens is 2. The van der Waals surface area contributed by atoms with Gasteiger partial charge >= 0.3 is 0 Å². The van der Waals surface area contributed by atoms with Gasteiger partial charge in [-0.3, -0.25) is 9.57 Å². The second-order valence-electron chi connectivity index (χ2n) is 10.6. The lowest BCUT2D eigenvalue weighted by molar-refractivity contribution is -0.135. The van der Waals surface area contributed by atoms with Crippen molar-refractivity contribution in [1.29, 1.82) is 10.0 Å². The minimum atomic E-state index is -2.53. The Hall–Kier alpha value is -3.85. The van der Waals surface area contributed by atoms with Crippen LogP contribution in [0.5, 0.6) is 0 Å². The van der Waals surface area contributed by atoms with Gasteiger partial charge in [-0.15, -0.1) is 0 Å². The summed E-state index contributed by atoms with van der Waals surface area (Å²) in [6.07, 6.45) is 2.01. The number of pyridine rings is 1. The first-order valence-corrected chi connectivity index (χ1v) is 15.1. The largest absolute Gasteiger partial charge is 0.370 e. The molecule has 4 atom stereocenters. The zero-order valence-corrected chi connectivity index (χ0v) is 22.9. The van der Waals surface area contributed by atoms with Gasteiger partial charge in [-0.1, -0.05) is 12.1 Å². The Kier molecular flexibility index (Phi) is 7.35. The van der Waals surface area contributed by atoms with Crippen LogP contribution in [0.25, 0.3) is 16.9 Å². The van der Waals surface area contributed by atoms with E-state index in [1.807, 2.05) is 24.3 Å². The highest BCUT2D eigenvalue weighted by molar-refractivity contribution is 7.92. The van der Waals surface area contributed by atoms with E-state index in [0.29, 0.717) is 35.9 Å². The summed E-state index contributed by atoms with van der Waals surface area (Å²) in [6, 6.07) is 12.4. The van der Waals surface area contributed by atoms with Crippen LogP contribution in [-0.4, -0.2) is 55.6 Å². The summed E-state index contributed by atoms with van der Waals surface area (Å²) in [5, 5.41) is 14.5. The van der Waals surface area contributed by atoms with Crippen molar-refractivity contribution in [3.8, 4) is 23.0 Å². The van der Waals surface area contributed by atoms with Gasteiger partial charge in [0.15, 0.2) is 11.6 Å². The molecule has 0 radical (unpaired) electrons. The number of aromatic nitrogens is 3. The lowest BCUT2D eigenvalue weighted by Gasteiger charge is -2.44. The van der Waals surface area contributed by atoms with Crippen LogP contribution in [0.1, 0.15) is 37.8 Å². The zero-order valence-electron chi connectivity index (χ0n) is 22.1. The number of nitrogens with one attached hydrogen (secondary N) is 1. The van der Waals surface area contributed by atoms with E-state index in [4.69, 9.17) is 15.6 Å². The lowest BCUT2D eigenvalue weighted by Crippen LogP contribution is -2.50. The van der Waals surface area contributed by atoms with Crippen molar-refractivity contribution in [3.05, 3.63) is 60.3 Å². The van der Waals surface area contributed by atoms with E-state index in [-0.39, 0.29) is 25.1 Å². The molecule has 3 unspecified atom stereocenters. The molecule has 1 aliphatic carbocycles. The molecule has 0 spiro atoms. The van der Waals surface area contributed by atoms with E-state index in [1.54, 1.807) is 13.1 Å². The van der Waals surface area contributed by atoms with E-state index < -0.39 is 44.9 Å². The molecule has 3 N–H and O–H groups in total. The van der Waals surface area contributed by atoms with Crippen LogP contribution < -0.4 is 10.6 Å². The Labute approximate surface area is 232 Å². The summed E-state index contributed by atoms with van der Waals surface area (Å²) in [5.74, 6) is -2.32. The molecule has 3 heterocycles. The Morgan fingerprint density at radius 2 is 1.95 bits per heavy atom. The van der Waals surface area contributed by atoms with Crippen molar-refractivity contribution in [2.24, 2.45) is 17.1 Å². The first-order valence-electron chi connectivity index (χ1n) is 13.2. The van der Waals surface area contributed by atoms with Crippen molar-refractivity contribution in [3.63, 3.8) is 0 Å². The molecule has 1 amide bonds. The highest BCUT2D eigenvalue weighted by Crippen LogP contribution is 2.54. The average Bonchev–Trinajstić information content (AvgIpc) is 3.37. The maximum Gasteiger partial charge on any atom is 0.225 e. The van der Waals surface area contributed by atoms with E-state index in [1.165, 1.54) is 23.0 Å². The molecule has 1 aromatic carbocycles. The van der Waals surface area contributed by atoms with E-state index in [2.05, 4.69) is 16.0 Å². The number of alkyl halides is 1. The first-order chi connectivity index (χ1) is 19.1. The van der Waals surface area contributed by atoms with Gasteiger partial charge in [0.1, 0.15) is 6.17 Å². The monoisotopic (exact) mass is 567 g/mol. The molecule has 40 heavy (non-hydrogen) atoms. The van der Waals surface area contributed by atoms with Crippen LogP contribution in [0.15, 0.2) is 48.8 Å². The third-order valence-corrected chi connectivity index (χ3v) is 10.0. The summed E-state index contributed by atoms with van der Waals surface area (Å²) < 4.78 is 50.8. The molecular formula is C28H31F2N7O2S. The second-order valence-corrected chi connectivity index (χ2v) is 13.1. The minimum Gasteiger partial charge on any atom is -0.370 e. The van der Waals surface area contributed by atoms with Gasteiger partial charge in [-0.2, -0.15) is 10.4 Å². The summed E-state index contributed by atoms with van der Waals surface area (Å²) in [4.78, 5) is 19.2. The number of primary amides is 1. The molecule has 12 heteroatoms. The predicted molar refractivity (Wildman–Crippen MR) is 147 cm³/mol. The highest BCUT2D eigenvalue weighted by atomic mass is 32.2. The molecule has 1 saturated heterocycles.